The Balaban J connectivity index is 3.63. The Bertz CT molecular complexity index is 338. The Kier molecular flexibility index (Phi) is 3.66. The zero-order valence-electron chi connectivity index (χ0n) is 10.3. The smallest absolute Gasteiger partial charge is 0.165 e. The molecule has 0 saturated carbocycles. The van der Waals surface area contributed by atoms with Crippen molar-refractivity contribution in [1.29, 1.82) is 0 Å². The molecule has 1 rings (SSSR count). The molecule has 0 atom stereocenters. The van der Waals surface area contributed by atoms with Gasteiger partial charge in [0.1, 0.15) is 5.82 Å². The molecule has 0 aromatic heterocycles. The first-order valence-corrected chi connectivity index (χ1v) is 5.45. The van der Waals surface area contributed by atoms with E-state index in [0.29, 0.717) is 0 Å². The molecule has 0 aliphatic rings. The summed E-state index contributed by atoms with van der Waals surface area (Å²) in [6, 6.07) is 0. The Morgan fingerprint density at radius 3 is 1.44 bits per heavy atom. The first-order valence-electron chi connectivity index (χ1n) is 5.45. The van der Waals surface area contributed by atoms with Crippen LogP contribution in [0.4, 0.5) is 13.2 Å². The van der Waals surface area contributed by atoms with Crippen molar-refractivity contribution in [2.24, 2.45) is 0 Å². The van der Waals surface area contributed by atoms with Crippen molar-refractivity contribution in [3.63, 3.8) is 0 Å². The zero-order valence-corrected chi connectivity index (χ0v) is 10.3. The standard InChI is InChI=1S/C13H17F3/c1-6(2)9-8(5)11(14)10(7(3)4)13(16)12(9)15/h6-7H,1-5H3. The Hall–Kier alpha value is -0.990. The molecule has 0 radical (unpaired) electrons. The van der Waals surface area contributed by atoms with E-state index in [9.17, 15) is 13.2 Å². The van der Waals surface area contributed by atoms with E-state index >= 15 is 0 Å². The van der Waals surface area contributed by atoms with Gasteiger partial charge in [0, 0.05) is 5.56 Å². The number of hydrogen-bond acceptors (Lipinski definition) is 0. The Morgan fingerprint density at radius 1 is 0.688 bits per heavy atom. The van der Waals surface area contributed by atoms with Crippen LogP contribution in [0.15, 0.2) is 0 Å². The van der Waals surface area contributed by atoms with Crippen molar-refractivity contribution in [3.05, 3.63) is 34.1 Å². The van der Waals surface area contributed by atoms with Gasteiger partial charge in [0.25, 0.3) is 0 Å². The Labute approximate surface area is 94.5 Å². The van der Waals surface area contributed by atoms with E-state index < -0.39 is 17.5 Å². The second-order valence-electron chi connectivity index (χ2n) is 4.70. The third-order valence-electron chi connectivity index (χ3n) is 2.79. The second kappa shape index (κ2) is 4.48. The molecule has 3 heteroatoms. The van der Waals surface area contributed by atoms with E-state index in [1.807, 2.05) is 0 Å². The van der Waals surface area contributed by atoms with Gasteiger partial charge in [0.05, 0.1) is 0 Å². The second-order valence-corrected chi connectivity index (χ2v) is 4.70. The van der Waals surface area contributed by atoms with Crippen molar-refractivity contribution in [1.82, 2.24) is 0 Å². The van der Waals surface area contributed by atoms with Crippen LogP contribution in [0.25, 0.3) is 0 Å². The highest BCUT2D eigenvalue weighted by molar-refractivity contribution is 5.38. The molecule has 0 spiro atoms. The number of benzene rings is 1. The fourth-order valence-electron chi connectivity index (χ4n) is 2.01. The lowest BCUT2D eigenvalue weighted by Gasteiger charge is -2.18. The number of hydrogen-bond donors (Lipinski definition) is 0. The molecular weight excluding hydrogens is 213 g/mol. The van der Waals surface area contributed by atoms with Crippen LogP contribution in [0.2, 0.25) is 0 Å². The molecule has 90 valence electrons. The quantitative estimate of drug-likeness (QED) is 0.648. The van der Waals surface area contributed by atoms with Crippen LogP contribution in [0.5, 0.6) is 0 Å². The minimum atomic E-state index is -1.04. The van der Waals surface area contributed by atoms with Gasteiger partial charge in [-0.1, -0.05) is 27.7 Å². The van der Waals surface area contributed by atoms with Crippen LogP contribution >= 0.6 is 0 Å². The van der Waals surface area contributed by atoms with Gasteiger partial charge in [0.2, 0.25) is 0 Å². The van der Waals surface area contributed by atoms with Gasteiger partial charge in [0.15, 0.2) is 11.6 Å². The summed E-state index contributed by atoms with van der Waals surface area (Å²) in [6.07, 6.45) is 0. The summed E-state index contributed by atoms with van der Waals surface area (Å²) in [6.45, 7) is 8.24. The average Bonchev–Trinajstić information content (AvgIpc) is 2.14. The van der Waals surface area contributed by atoms with Gasteiger partial charge in [-0.25, -0.2) is 13.2 Å². The zero-order chi connectivity index (χ0) is 12.6. The summed E-state index contributed by atoms with van der Waals surface area (Å²) in [4.78, 5) is 0. The minimum Gasteiger partial charge on any atom is -0.206 e. The van der Waals surface area contributed by atoms with Crippen molar-refractivity contribution in [2.45, 2.75) is 46.5 Å². The topological polar surface area (TPSA) is 0 Å². The van der Waals surface area contributed by atoms with E-state index in [1.165, 1.54) is 6.92 Å². The predicted octanol–water partition coefficient (Wildman–Crippen LogP) is 4.66. The highest BCUT2D eigenvalue weighted by Crippen LogP contribution is 2.33. The summed E-state index contributed by atoms with van der Waals surface area (Å²) in [5, 5.41) is 0. The van der Waals surface area contributed by atoms with Crippen LogP contribution in [0.1, 0.15) is 56.2 Å². The average molecular weight is 230 g/mol. The lowest BCUT2D eigenvalue weighted by Crippen LogP contribution is -2.10. The van der Waals surface area contributed by atoms with E-state index in [1.54, 1.807) is 27.7 Å². The summed E-state index contributed by atoms with van der Waals surface area (Å²) >= 11 is 0. The van der Waals surface area contributed by atoms with E-state index in [-0.39, 0.29) is 28.5 Å². The molecular formula is C13H17F3. The predicted molar refractivity (Wildman–Crippen MR) is 59.2 cm³/mol. The van der Waals surface area contributed by atoms with Crippen molar-refractivity contribution in [3.8, 4) is 0 Å². The third kappa shape index (κ3) is 1.95. The lowest BCUT2D eigenvalue weighted by atomic mass is 9.91. The molecule has 0 aliphatic heterocycles. The summed E-state index contributed by atoms with van der Waals surface area (Å²) in [5.74, 6) is -3.16. The molecule has 0 saturated heterocycles. The van der Waals surface area contributed by atoms with Gasteiger partial charge in [-0.05, 0) is 29.9 Å². The summed E-state index contributed by atoms with van der Waals surface area (Å²) in [5.41, 5.74) is 0.205. The fraction of sp³-hybridized carbons (Fsp3) is 0.538. The molecule has 0 N–H and O–H groups in total. The normalized spacial score (nSPS) is 11.6. The van der Waals surface area contributed by atoms with Gasteiger partial charge in [-0.15, -0.1) is 0 Å². The van der Waals surface area contributed by atoms with E-state index in [0.717, 1.165) is 0 Å². The minimum absolute atomic E-state index is 0.138. The summed E-state index contributed by atoms with van der Waals surface area (Å²) in [7, 11) is 0. The first kappa shape index (κ1) is 13.1. The van der Waals surface area contributed by atoms with Crippen molar-refractivity contribution in [2.75, 3.05) is 0 Å². The SMILES string of the molecule is Cc1c(F)c(C(C)C)c(F)c(F)c1C(C)C. The van der Waals surface area contributed by atoms with Crippen LogP contribution in [-0.2, 0) is 0 Å². The van der Waals surface area contributed by atoms with Crippen molar-refractivity contribution < 1.29 is 13.2 Å². The largest absolute Gasteiger partial charge is 0.206 e. The van der Waals surface area contributed by atoms with Crippen LogP contribution < -0.4 is 0 Å². The number of halogens is 3. The molecule has 0 heterocycles. The maximum absolute atomic E-state index is 13.9. The maximum atomic E-state index is 13.9. The molecule has 0 fully saturated rings. The lowest BCUT2D eigenvalue weighted by molar-refractivity contribution is 0.455. The number of rotatable bonds is 2. The van der Waals surface area contributed by atoms with Crippen LogP contribution in [0, 0.1) is 24.4 Å². The molecule has 0 unspecified atom stereocenters. The monoisotopic (exact) mass is 230 g/mol. The fourth-order valence-corrected chi connectivity index (χ4v) is 2.01. The molecule has 0 bridgehead atoms. The Morgan fingerprint density at radius 2 is 1.06 bits per heavy atom. The van der Waals surface area contributed by atoms with E-state index in [2.05, 4.69) is 0 Å². The summed E-state index contributed by atoms with van der Waals surface area (Å²) < 4.78 is 41.4. The highest BCUT2D eigenvalue weighted by Gasteiger charge is 2.25. The third-order valence-corrected chi connectivity index (χ3v) is 2.79. The van der Waals surface area contributed by atoms with Crippen LogP contribution in [-0.4, -0.2) is 0 Å². The molecule has 0 amide bonds. The van der Waals surface area contributed by atoms with Gasteiger partial charge in [-0.3, -0.25) is 0 Å². The molecule has 0 aliphatic carbocycles. The van der Waals surface area contributed by atoms with Crippen molar-refractivity contribution >= 4 is 0 Å². The maximum Gasteiger partial charge on any atom is 0.165 e. The molecule has 16 heavy (non-hydrogen) atoms. The molecule has 0 nitrogen and oxygen atoms in total. The van der Waals surface area contributed by atoms with E-state index in [4.69, 9.17) is 0 Å². The van der Waals surface area contributed by atoms with Crippen LogP contribution in [0.3, 0.4) is 0 Å². The highest BCUT2D eigenvalue weighted by atomic mass is 19.2. The molecule has 1 aromatic rings. The van der Waals surface area contributed by atoms with Gasteiger partial charge < -0.3 is 0 Å². The first-order chi connectivity index (χ1) is 7.29. The van der Waals surface area contributed by atoms with Gasteiger partial charge >= 0.3 is 0 Å². The molecule has 1 aromatic carbocycles. The van der Waals surface area contributed by atoms with Gasteiger partial charge in [-0.2, -0.15) is 0 Å².